The highest BCUT2D eigenvalue weighted by Crippen LogP contribution is 2.47. The van der Waals surface area contributed by atoms with Crippen molar-refractivity contribution in [2.24, 2.45) is 0 Å². The number of Topliss-reactive ketones (excluding diaryl/α,β-unsaturated/α-hetero) is 1. The molecule has 0 radical (unpaired) electrons. The van der Waals surface area contributed by atoms with Gasteiger partial charge in [-0.2, -0.15) is 0 Å². The number of anilines is 1. The number of hydrogen-bond donors (Lipinski definition) is 2. The second-order valence-electron chi connectivity index (χ2n) is 6.35. The molecule has 1 aliphatic heterocycles. The second kappa shape index (κ2) is 5.92. The summed E-state index contributed by atoms with van der Waals surface area (Å²) in [5.74, 6) is -0.0989. The number of hydrogen-bond acceptors (Lipinski definition) is 6. The monoisotopic (exact) mass is 374 g/mol. The van der Waals surface area contributed by atoms with Crippen molar-refractivity contribution in [3.8, 4) is 0 Å². The number of benzene rings is 1. The minimum absolute atomic E-state index is 0.0686. The molecule has 1 atom stereocenters. The number of nitrogens with zero attached hydrogens (tertiary/aromatic N) is 2. The van der Waals surface area contributed by atoms with Crippen LogP contribution in [-0.4, -0.2) is 27.0 Å². The van der Waals surface area contributed by atoms with Crippen molar-refractivity contribution < 1.29 is 4.79 Å². The van der Waals surface area contributed by atoms with E-state index in [1.807, 2.05) is 42.7 Å². The number of aromatic amines is 1. The predicted octanol–water partition coefficient (Wildman–Crippen LogP) is 3.05. The summed E-state index contributed by atoms with van der Waals surface area (Å²) in [4.78, 5) is 37.6. The Balaban J connectivity index is 1.82. The van der Waals surface area contributed by atoms with E-state index >= 15 is 0 Å². The first kappa shape index (κ1) is 16.0. The minimum atomic E-state index is -0.517. The van der Waals surface area contributed by atoms with E-state index in [0.29, 0.717) is 27.7 Å². The average molecular weight is 374 g/mol. The number of carbonyl (C=O) groups excluding carboxylic acids is 1. The molecule has 2 aliphatic rings. The molecule has 5 rings (SSSR count). The topological polar surface area (TPSA) is 87.7 Å². The molecule has 0 saturated heterocycles. The van der Waals surface area contributed by atoms with Crippen LogP contribution in [0, 0.1) is 0 Å². The van der Waals surface area contributed by atoms with Gasteiger partial charge in [-0.05, 0) is 17.9 Å². The first-order valence-electron chi connectivity index (χ1n) is 8.42. The molecular formula is C20H14N4O2S. The third kappa shape index (κ3) is 2.28. The Bertz CT molecular complexity index is 1180. The largest absolute Gasteiger partial charge is 0.339 e. The number of rotatable bonds is 2. The molecule has 0 bridgehead atoms. The Kier molecular flexibility index (Phi) is 3.51. The lowest BCUT2D eigenvalue weighted by Gasteiger charge is -2.27. The van der Waals surface area contributed by atoms with Gasteiger partial charge in [0.25, 0.3) is 5.56 Å². The Morgan fingerprint density at radius 3 is 2.63 bits per heavy atom. The molecule has 0 saturated carbocycles. The summed E-state index contributed by atoms with van der Waals surface area (Å²) in [7, 11) is 0. The van der Waals surface area contributed by atoms with Crippen molar-refractivity contribution in [3.05, 3.63) is 87.0 Å². The van der Waals surface area contributed by atoms with Crippen molar-refractivity contribution in [2.75, 3.05) is 11.6 Å². The van der Waals surface area contributed by atoms with Crippen LogP contribution in [0.25, 0.3) is 5.70 Å². The van der Waals surface area contributed by atoms with Gasteiger partial charge in [-0.1, -0.05) is 42.1 Å². The zero-order chi connectivity index (χ0) is 18.5. The lowest BCUT2D eigenvalue weighted by atomic mass is 9.82. The zero-order valence-corrected chi connectivity index (χ0v) is 15.1. The van der Waals surface area contributed by atoms with E-state index in [1.165, 1.54) is 11.8 Å². The zero-order valence-electron chi connectivity index (χ0n) is 14.3. The van der Waals surface area contributed by atoms with Crippen molar-refractivity contribution in [3.63, 3.8) is 0 Å². The van der Waals surface area contributed by atoms with Crippen LogP contribution in [0.3, 0.4) is 0 Å². The molecule has 0 fully saturated rings. The van der Waals surface area contributed by atoms with Crippen LogP contribution in [-0.2, 0) is 0 Å². The van der Waals surface area contributed by atoms with Crippen LogP contribution in [0.1, 0.15) is 33.0 Å². The Morgan fingerprint density at radius 1 is 1.07 bits per heavy atom. The second-order valence-corrected chi connectivity index (χ2v) is 7.14. The normalized spacial score (nSPS) is 17.2. The van der Waals surface area contributed by atoms with E-state index < -0.39 is 5.92 Å². The Morgan fingerprint density at radius 2 is 1.89 bits per heavy atom. The van der Waals surface area contributed by atoms with E-state index in [-0.39, 0.29) is 11.3 Å². The lowest BCUT2D eigenvalue weighted by molar-refractivity contribution is 0.103. The van der Waals surface area contributed by atoms with E-state index in [9.17, 15) is 9.59 Å². The van der Waals surface area contributed by atoms with Gasteiger partial charge in [0.05, 0.1) is 17.2 Å². The molecule has 0 amide bonds. The summed E-state index contributed by atoms with van der Waals surface area (Å²) in [5, 5.41) is 3.78. The van der Waals surface area contributed by atoms with Crippen molar-refractivity contribution in [1.29, 1.82) is 0 Å². The van der Waals surface area contributed by atoms with E-state index in [2.05, 4.69) is 20.3 Å². The number of H-pyrrole nitrogens is 1. The van der Waals surface area contributed by atoms with Gasteiger partial charge < -0.3 is 10.3 Å². The molecule has 3 aromatic rings. The molecule has 7 heteroatoms. The highest BCUT2D eigenvalue weighted by molar-refractivity contribution is 7.98. The van der Waals surface area contributed by atoms with Gasteiger partial charge in [-0.25, -0.2) is 4.98 Å². The van der Waals surface area contributed by atoms with Gasteiger partial charge >= 0.3 is 0 Å². The van der Waals surface area contributed by atoms with E-state index in [4.69, 9.17) is 0 Å². The third-order valence-corrected chi connectivity index (χ3v) is 5.50. The van der Waals surface area contributed by atoms with Gasteiger partial charge in [0, 0.05) is 29.1 Å². The Hall–Kier alpha value is -3.19. The van der Waals surface area contributed by atoms with Crippen LogP contribution in [0.2, 0.25) is 0 Å². The number of pyridine rings is 1. The molecule has 1 unspecified atom stereocenters. The summed E-state index contributed by atoms with van der Waals surface area (Å²) in [5.41, 5.74) is 3.76. The van der Waals surface area contributed by atoms with E-state index in [1.54, 1.807) is 12.4 Å². The van der Waals surface area contributed by atoms with Crippen LogP contribution >= 0.6 is 11.8 Å². The van der Waals surface area contributed by atoms with Crippen molar-refractivity contribution in [2.45, 2.75) is 11.1 Å². The van der Waals surface area contributed by atoms with Crippen LogP contribution in [0.15, 0.2) is 64.3 Å². The molecule has 6 nitrogen and oxygen atoms in total. The summed E-state index contributed by atoms with van der Waals surface area (Å²) in [6.07, 6.45) is 5.22. The molecule has 132 valence electrons. The van der Waals surface area contributed by atoms with Crippen LogP contribution in [0.5, 0.6) is 0 Å². The molecule has 1 aliphatic carbocycles. The van der Waals surface area contributed by atoms with Gasteiger partial charge in [0.1, 0.15) is 5.82 Å². The van der Waals surface area contributed by atoms with Gasteiger partial charge in [-0.3, -0.25) is 14.6 Å². The maximum Gasteiger partial charge on any atom is 0.257 e. The summed E-state index contributed by atoms with van der Waals surface area (Å²) >= 11 is 1.36. The smallest absolute Gasteiger partial charge is 0.257 e. The number of carbonyl (C=O) groups is 1. The lowest BCUT2D eigenvalue weighted by Crippen LogP contribution is -2.28. The number of fused-ring (bicyclic) bond motifs is 3. The number of allylic oxidation sites excluding steroid dienone is 1. The number of thioether (sulfide) groups is 1. The molecule has 1 aromatic carbocycles. The molecule has 2 aromatic heterocycles. The van der Waals surface area contributed by atoms with Gasteiger partial charge in [0.15, 0.2) is 10.9 Å². The first-order valence-corrected chi connectivity index (χ1v) is 9.65. The maximum atomic E-state index is 13.2. The fourth-order valence-electron chi connectivity index (χ4n) is 3.78. The van der Waals surface area contributed by atoms with Crippen molar-refractivity contribution in [1.82, 2.24) is 15.0 Å². The van der Waals surface area contributed by atoms with Crippen molar-refractivity contribution >= 4 is 29.1 Å². The molecule has 3 heterocycles. The van der Waals surface area contributed by atoms with E-state index in [0.717, 1.165) is 16.8 Å². The number of aromatic nitrogens is 3. The third-order valence-electron chi connectivity index (χ3n) is 4.92. The fraction of sp³-hybridized carbons (Fsp3) is 0.100. The van der Waals surface area contributed by atoms with Gasteiger partial charge in [0.2, 0.25) is 0 Å². The molecular weight excluding hydrogens is 360 g/mol. The molecule has 27 heavy (non-hydrogen) atoms. The summed E-state index contributed by atoms with van der Waals surface area (Å²) in [6.45, 7) is 0. The maximum absolute atomic E-state index is 13.2. The molecule has 2 N–H and O–H groups in total. The quantitative estimate of drug-likeness (QED) is 0.529. The minimum Gasteiger partial charge on any atom is -0.339 e. The first-order chi connectivity index (χ1) is 13.2. The average Bonchev–Trinajstić information content (AvgIpc) is 2.99. The number of ketones is 1. The molecule has 0 spiro atoms. The number of nitrogens with one attached hydrogen (secondary N) is 2. The summed E-state index contributed by atoms with van der Waals surface area (Å²) in [6, 6.07) is 11.2. The SMILES string of the molecule is CSc1nc2c(c(=O)[nH]1)C(c1cccnc1)C1=C(N2)c2ccccc2C1=O. The highest BCUT2D eigenvalue weighted by atomic mass is 32.2. The van der Waals surface area contributed by atoms with Gasteiger partial charge in [-0.15, -0.1) is 0 Å². The highest BCUT2D eigenvalue weighted by Gasteiger charge is 2.42. The predicted molar refractivity (Wildman–Crippen MR) is 104 cm³/mol. The Labute approximate surface area is 158 Å². The van der Waals surface area contributed by atoms with Crippen LogP contribution in [0.4, 0.5) is 5.82 Å². The standard InChI is InChI=1S/C20H14N4O2S/c1-27-20-23-18-15(19(26)24-20)13(10-5-4-8-21-9-10)14-16(22-18)11-6-2-3-7-12(11)17(14)25/h2-9,13H,1H3,(H2,22,23,24,26). The fourth-order valence-corrected chi connectivity index (χ4v) is 4.15. The summed E-state index contributed by atoms with van der Waals surface area (Å²) < 4.78 is 0. The van der Waals surface area contributed by atoms with Crippen LogP contribution < -0.4 is 10.9 Å².